The molecule has 1 saturated carbocycles. The van der Waals surface area contributed by atoms with E-state index >= 15 is 0 Å². The molecule has 0 aliphatic heterocycles. The van der Waals surface area contributed by atoms with Crippen molar-refractivity contribution in [3.05, 3.63) is 53.1 Å². The van der Waals surface area contributed by atoms with E-state index in [1.807, 2.05) is 19.1 Å². The van der Waals surface area contributed by atoms with E-state index in [0.717, 1.165) is 57.1 Å². The van der Waals surface area contributed by atoms with Crippen molar-refractivity contribution < 1.29 is 4.39 Å². The number of benzene rings is 1. The van der Waals surface area contributed by atoms with Crippen LogP contribution in [-0.4, -0.2) is 35.4 Å². The molecule has 1 aliphatic carbocycles. The summed E-state index contributed by atoms with van der Waals surface area (Å²) in [4.78, 5) is 4.79. The van der Waals surface area contributed by atoms with E-state index in [1.54, 1.807) is 12.1 Å². The second-order valence-electron chi connectivity index (χ2n) is 7.41. The number of hydrogen-bond acceptors (Lipinski definition) is 2. The second-order valence-corrected chi connectivity index (χ2v) is 7.41. The van der Waals surface area contributed by atoms with Gasteiger partial charge in [-0.3, -0.25) is 9.67 Å². The number of aryl methyl sites for hydroxylation is 3. The Morgan fingerprint density at radius 1 is 1.22 bits per heavy atom. The van der Waals surface area contributed by atoms with Crippen LogP contribution in [0.4, 0.5) is 4.39 Å². The van der Waals surface area contributed by atoms with Gasteiger partial charge in [0.1, 0.15) is 5.82 Å². The zero-order chi connectivity index (χ0) is 19.3. The molecule has 3 rings (SSSR count). The number of rotatable bonds is 8. The highest BCUT2D eigenvalue weighted by molar-refractivity contribution is 5.79. The fourth-order valence-electron chi connectivity index (χ4n) is 3.40. The maximum Gasteiger partial charge on any atom is 0.191 e. The predicted molar refractivity (Wildman–Crippen MR) is 108 cm³/mol. The van der Waals surface area contributed by atoms with Crippen LogP contribution in [0.5, 0.6) is 0 Å². The molecule has 0 bridgehead atoms. The molecule has 2 N–H and O–H groups in total. The third kappa shape index (κ3) is 5.08. The van der Waals surface area contributed by atoms with E-state index in [2.05, 4.69) is 40.3 Å². The molecule has 146 valence electrons. The molecule has 1 aromatic heterocycles. The molecule has 2 aromatic rings. The van der Waals surface area contributed by atoms with Crippen LogP contribution in [0.3, 0.4) is 0 Å². The van der Waals surface area contributed by atoms with Crippen molar-refractivity contribution in [3.63, 3.8) is 0 Å². The molecule has 5 nitrogen and oxygen atoms in total. The van der Waals surface area contributed by atoms with Crippen LogP contribution in [0.2, 0.25) is 0 Å². The predicted octanol–water partition coefficient (Wildman–Crippen LogP) is 3.32. The number of nitrogens with zero attached hydrogens (tertiary/aromatic N) is 3. The Labute approximate surface area is 161 Å². The minimum atomic E-state index is -0.185. The van der Waals surface area contributed by atoms with Crippen LogP contribution in [0.25, 0.3) is 0 Å². The van der Waals surface area contributed by atoms with E-state index in [1.165, 1.54) is 11.3 Å². The molecular formula is C21H30FN5. The zero-order valence-electron chi connectivity index (χ0n) is 16.6. The van der Waals surface area contributed by atoms with E-state index in [9.17, 15) is 4.39 Å². The average molecular weight is 372 g/mol. The van der Waals surface area contributed by atoms with Crippen LogP contribution in [0.1, 0.15) is 43.1 Å². The Balaban J connectivity index is 1.52. The summed E-state index contributed by atoms with van der Waals surface area (Å²) in [5.41, 5.74) is 3.53. The van der Waals surface area contributed by atoms with Crippen molar-refractivity contribution in [1.82, 2.24) is 20.4 Å². The van der Waals surface area contributed by atoms with Gasteiger partial charge in [-0.2, -0.15) is 5.10 Å². The maximum atomic E-state index is 13.2. The van der Waals surface area contributed by atoms with Gasteiger partial charge in [0, 0.05) is 30.7 Å². The normalized spacial score (nSPS) is 15.6. The Kier molecular flexibility index (Phi) is 6.14. The molecule has 0 unspecified atom stereocenters. The largest absolute Gasteiger partial charge is 0.357 e. The fraction of sp³-hybridized carbons (Fsp3) is 0.524. The highest BCUT2D eigenvalue weighted by Crippen LogP contribution is 2.48. The zero-order valence-corrected chi connectivity index (χ0v) is 16.6. The summed E-state index contributed by atoms with van der Waals surface area (Å²) in [5, 5.41) is 11.2. The lowest BCUT2D eigenvalue weighted by Gasteiger charge is -2.16. The number of aromatic nitrogens is 2. The van der Waals surface area contributed by atoms with Gasteiger partial charge in [-0.1, -0.05) is 12.1 Å². The van der Waals surface area contributed by atoms with Crippen molar-refractivity contribution in [1.29, 1.82) is 0 Å². The third-order valence-corrected chi connectivity index (χ3v) is 5.14. The number of aliphatic imine (C=N–C) groups is 1. The van der Waals surface area contributed by atoms with Crippen LogP contribution < -0.4 is 10.6 Å². The first-order valence-electron chi connectivity index (χ1n) is 9.82. The number of guanidine groups is 1. The van der Waals surface area contributed by atoms with Crippen LogP contribution in [0, 0.1) is 19.7 Å². The van der Waals surface area contributed by atoms with Gasteiger partial charge in [0.05, 0.1) is 12.2 Å². The highest BCUT2D eigenvalue weighted by atomic mass is 19.1. The molecule has 6 heteroatoms. The highest BCUT2D eigenvalue weighted by Gasteiger charge is 2.44. The SMILES string of the molecule is CCNC(=NCC1(c2ccc(F)cc2)CC1)NCCCn1nc(C)cc1C. The first-order chi connectivity index (χ1) is 13.0. The van der Waals surface area contributed by atoms with Gasteiger partial charge in [0.2, 0.25) is 0 Å². The van der Waals surface area contributed by atoms with Gasteiger partial charge in [-0.15, -0.1) is 0 Å². The first kappa shape index (κ1) is 19.4. The van der Waals surface area contributed by atoms with Gasteiger partial charge in [0.15, 0.2) is 5.96 Å². The molecule has 0 atom stereocenters. The van der Waals surface area contributed by atoms with Crippen LogP contribution >= 0.6 is 0 Å². The topological polar surface area (TPSA) is 54.2 Å². The quantitative estimate of drug-likeness (QED) is 0.425. The Morgan fingerprint density at radius 3 is 2.56 bits per heavy atom. The summed E-state index contributed by atoms with van der Waals surface area (Å²) >= 11 is 0. The van der Waals surface area contributed by atoms with Crippen molar-refractivity contribution in [2.45, 2.75) is 52.0 Å². The van der Waals surface area contributed by atoms with Crippen molar-refractivity contribution in [3.8, 4) is 0 Å². The van der Waals surface area contributed by atoms with E-state index < -0.39 is 0 Å². The molecule has 1 fully saturated rings. The van der Waals surface area contributed by atoms with Gasteiger partial charge in [-0.25, -0.2) is 4.39 Å². The Morgan fingerprint density at radius 2 is 1.96 bits per heavy atom. The van der Waals surface area contributed by atoms with Crippen molar-refractivity contribution >= 4 is 5.96 Å². The molecule has 27 heavy (non-hydrogen) atoms. The summed E-state index contributed by atoms with van der Waals surface area (Å²) in [6, 6.07) is 8.98. The molecule has 0 spiro atoms. The monoisotopic (exact) mass is 371 g/mol. The van der Waals surface area contributed by atoms with Gasteiger partial charge >= 0.3 is 0 Å². The number of hydrogen-bond donors (Lipinski definition) is 2. The number of halogens is 1. The Hall–Kier alpha value is -2.37. The number of nitrogens with one attached hydrogen (secondary N) is 2. The minimum absolute atomic E-state index is 0.0831. The molecule has 1 aromatic carbocycles. The summed E-state index contributed by atoms with van der Waals surface area (Å²) in [6.07, 6.45) is 3.20. The lowest BCUT2D eigenvalue weighted by atomic mass is 9.96. The van der Waals surface area contributed by atoms with Gasteiger partial charge < -0.3 is 10.6 Å². The molecular weight excluding hydrogens is 341 g/mol. The Bertz CT molecular complexity index is 774. The summed E-state index contributed by atoms with van der Waals surface area (Å²) in [6.45, 7) is 9.47. The van der Waals surface area contributed by atoms with E-state index in [-0.39, 0.29) is 11.2 Å². The van der Waals surface area contributed by atoms with Gasteiger partial charge in [-0.05, 0) is 63.8 Å². The average Bonchev–Trinajstić information content (AvgIpc) is 3.36. The lowest BCUT2D eigenvalue weighted by Crippen LogP contribution is -2.38. The molecule has 0 saturated heterocycles. The molecule has 0 amide bonds. The maximum absolute atomic E-state index is 13.2. The van der Waals surface area contributed by atoms with Crippen molar-refractivity contribution in [2.75, 3.05) is 19.6 Å². The van der Waals surface area contributed by atoms with Crippen LogP contribution in [-0.2, 0) is 12.0 Å². The smallest absolute Gasteiger partial charge is 0.191 e. The summed E-state index contributed by atoms with van der Waals surface area (Å²) < 4.78 is 15.2. The minimum Gasteiger partial charge on any atom is -0.357 e. The molecule has 1 heterocycles. The lowest BCUT2D eigenvalue weighted by molar-refractivity contribution is 0.554. The third-order valence-electron chi connectivity index (χ3n) is 5.14. The van der Waals surface area contributed by atoms with E-state index in [0.29, 0.717) is 0 Å². The second kappa shape index (κ2) is 8.55. The fourth-order valence-corrected chi connectivity index (χ4v) is 3.40. The summed E-state index contributed by atoms with van der Waals surface area (Å²) in [5.74, 6) is 0.662. The van der Waals surface area contributed by atoms with Crippen LogP contribution in [0.15, 0.2) is 35.3 Å². The molecule has 1 aliphatic rings. The van der Waals surface area contributed by atoms with Crippen molar-refractivity contribution in [2.24, 2.45) is 4.99 Å². The van der Waals surface area contributed by atoms with E-state index in [4.69, 9.17) is 4.99 Å². The molecule has 0 radical (unpaired) electrons. The first-order valence-corrected chi connectivity index (χ1v) is 9.82. The van der Waals surface area contributed by atoms with Gasteiger partial charge in [0.25, 0.3) is 0 Å². The summed E-state index contributed by atoms with van der Waals surface area (Å²) in [7, 11) is 0. The standard InChI is InChI=1S/C21H30FN5/c1-4-23-20(24-12-5-13-27-17(3)14-16(2)26-27)25-15-21(10-11-21)18-6-8-19(22)9-7-18/h6-9,14H,4-5,10-13,15H2,1-3H3,(H2,23,24,25).